The van der Waals surface area contributed by atoms with E-state index in [0.29, 0.717) is 0 Å². The Kier molecular flexibility index (Phi) is 5.85. The van der Waals surface area contributed by atoms with Gasteiger partial charge in [0.25, 0.3) is 0 Å². The SMILES string of the molecule is C=CCOC(=O)NC(CC(C)C)(C(=O)O)C(F)(F)F. The van der Waals surface area contributed by atoms with Gasteiger partial charge < -0.3 is 9.84 Å². The Morgan fingerprint density at radius 1 is 1.42 bits per heavy atom. The molecular weight excluding hydrogens is 267 g/mol. The van der Waals surface area contributed by atoms with Crippen molar-refractivity contribution in [1.29, 1.82) is 0 Å². The van der Waals surface area contributed by atoms with Gasteiger partial charge in [0.05, 0.1) is 0 Å². The molecule has 0 aromatic rings. The van der Waals surface area contributed by atoms with Crippen molar-refractivity contribution in [2.75, 3.05) is 6.61 Å². The van der Waals surface area contributed by atoms with Crippen LogP contribution in [-0.2, 0) is 9.53 Å². The molecule has 0 rings (SSSR count). The molecule has 0 aliphatic carbocycles. The second-order valence-corrected chi connectivity index (χ2v) is 4.32. The standard InChI is InChI=1S/C11H16F3NO4/c1-4-5-19-9(18)15-10(8(16)17,6-7(2)3)11(12,13)14/h4,7H,1,5-6H2,2-3H3,(H,15,18)(H,16,17). The molecule has 19 heavy (non-hydrogen) atoms. The number of carbonyl (C=O) groups excluding carboxylic acids is 1. The van der Waals surface area contributed by atoms with Crippen LogP contribution in [0.25, 0.3) is 0 Å². The van der Waals surface area contributed by atoms with E-state index in [-0.39, 0.29) is 6.61 Å². The van der Waals surface area contributed by atoms with Crippen LogP contribution in [-0.4, -0.2) is 35.5 Å². The topological polar surface area (TPSA) is 75.6 Å². The second-order valence-electron chi connectivity index (χ2n) is 4.32. The maximum atomic E-state index is 13.0. The van der Waals surface area contributed by atoms with E-state index >= 15 is 0 Å². The largest absolute Gasteiger partial charge is 0.479 e. The highest BCUT2D eigenvalue weighted by molar-refractivity contribution is 5.85. The highest BCUT2D eigenvalue weighted by Gasteiger charge is 2.62. The number of carboxylic acids is 1. The average molecular weight is 283 g/mol. The van der Waals surface area contributed by atoms with E-state index < -0.39 is 36.1 Å². The van der Waals surface area contributed by atoms with E-state index in [1.165, 1.54) is 19.2 Å². The van der Waals surface area contributed by atoms with E-state index in [4.69, 9.17) is 5.11 Å². The first-order valence-electron chi connectivity index (χ1n) is 5.42. The molecule has 0 radical (unpaired) electrons. The lowest BCUT2D eigenvalue weighted by atomic mass is 9.88. The lowest BCUT2D eigenvalue weighted by molar-refractivity contribution is -0.211. The monoisotopic (exact) mass is 283 g/mol. The number of halogens is 3. The Morgan fingerprint density at radius 2 is 1.95 bits per heavy atom. The fraction of sp³-hybridized carbons (Fsp3) is 0.636. The van der Waals surface area contributed by atoms with Gasteiger partial charge in [0.15, 0.2) is 0 Å². The van der Waals surface area contributed by atoms with Gasteiger partial charge in [-0.3, -0.25) is 5.32 Å². The molecule has 1 amide bonds. The van der Waals surface area contributed by atoms with Crippen LogP contribution in [0.4, 0.5) is 18.0 Å². The minimum absolute atomic E-state index is 0.318. The van der Waals surface area contributed by atoms with E-state index in [0.717, 1.165) is 6.08 Å². The zero-order valence-electron chi connectivity index (χ0n) is 10.6. The molecule has 0 aromatic heterocycles. The van der Waals surface area contributed by atoms with Gasteiger partial charge in [0, 0.05) is 0 Å². The molecule has 0 bridgehead atoms. The van der Waals surface area contributed by atoms with Gasteiger partial charge in [-0.2, -0.15) is 13.2 Å². The predicted molar refractivity (Wildman–Crippen MR) is 60.6 cm³/mol. The lowest BCUT2D eigenvalue weighted by Crippen LogP contribution is -2.64. The van der Waals surface area contributed by atoms with Crippen LogP contribution < -0.4 is 5.32 Å². The number of amides is 1. The van der Waals surface area contributed by atoms with Gasteiger partial charge in [-0.25, -0.2) is 9.59 Å². The number of aliphatic carboxylic acids is 1. The summed E-state index contributed by atoms with van der Waals surface area (Å²) in [6, 6.07) is 0. The smallest absolute Gasteiger partial charge is 0.422 e. The molecule has 0 heterocycles. The molecule has 0 spiro atoms. The molecule has 0 saturated carbocycles. The predicted octanol–water partition coefficient (Wildman–Crippen LogP) is 2.33. The van der Waals surface area contributed by atoms with Crippen LogP contribution in [0.2, 0.25) is 0 Å². The Bertz CT molecular complexity index is 354. The number of hydrogen-bond acceptors (Lipinski definition) is 3. The summed E-state index contributed by atoms with van der Waals surface area (Å²) in [5, 5.41) is 10.3. The maximum Gasteiger partial charge on any atom is 0.422 e. The Balaban J connectivity index is 5.29. The van der Waals surface area contributed by atoms with Crippen molar-refractivity contribution in [2.24, 2.45) is 5.92 Å². The van der Waals surface area contributed by atoms with Crippen molar-refractivity contribution in [3.8, 4) is 0 Å². The quantitative estimate of drug-likeness (QED) is 0.734. The normalized spacial score (nSPS) is 14.6. The van der Waals surface area contributed by atoms with Gasteiger partial charge in [0.1, 0.15) is 6.61 Å². The number of nitrogens with one attached hydrogen (secondary N) is 1. The summed E-state index contributed by atoms with van der Waals surface area (Å²) in [7, 11) is 0. The highest BCUT2D eigenvalue weighted by Crippen LogP contribution is 2.36. The van der Waals surface area contributed by atoms with Crippen LogP contribution in [0.3, 0.4) is 0 Å². The molecular formula is C11H16F3NO4. The van der Waals surface area contributed by atoms with E-state index in [9.17, 15) is 22.8 Å². The number of rotatable bonds is 6. The minimum atomic E-state index is -5.14. The Hall–Kier alpha value is -1.73. The van der Waals surface area contributed by atoms with Crippen molar-refractivity contribution in [2.45, 2.75) is 32.0 Å². The number of alkyl carbamates (subject to hydrolysis) is 1. The van der Waals surface area contributed by atoms with E-state index in [2.05, 4.69) is 11.3 Å². The zero-order valence-corrected chi connectivity index (χ0v) is 10.6. The fourth-order valence-electron chi connectivity index (χ4n) is 1.46. The van der Waals surface area contributed by atoms with Gasteiger partial charge in [0.2, 0.25) is 5.54 Å². The number of alkyl halides is 3. The van der Waals surface area contributed by atoms with Crippen molar-refractivity contribution in [1.82, 2.24) is 5.32 Å². The van der Waals surface area contributed by atoms with Gasteiger partial charge >= 0.3 is 18.2 Å². The summed E-state index contributed by atoms with van der Waals surface area (Å²) in [6.45, 7) is 5.73. The summed E-state index contributed by atoms with van der Waals surface area (Å²) in [5.74, 6) is -2.78. The summed E-state index contributed by atoms with van der Waals surface area (Å²) in [5.41, 5.74) is -3.36. The molecule has 5 nitrogen and oxygen atoms in total. The molecule has 0 saturated heterocycles. The molecule has 8 heteroatoms. The number of carbonyl (C=O) groups is 2. The van der Waals surface area contributed by atoms with Gasteiger partial charge in [-0.1, -0.05) is 26.5 Å². The van der Waals surface area contributed by atoms with Gasteiger partial charge in [-0.05, 0) is 12.3 Å². The summed E-state index contributed by atoms with van der Waals surface area (Å²) in [6.07, 6.45) is -6.25. The first-order chi connectivity index (χ1) is 8.56. The molecule has 2 N–H and O–H groups in total. The molecule has 1 unspecified atom stereocenters. The van der Waals surface area contributed by atoms with E-state index in [1.807, 2.05) is 0 Å². The highest BCUT2D eigenvalue weighted by atomic mass is 19.4. The number of ether oxygens (including phenoxy) is 1. The third kappa shape index (κ3) is 4.46. The molecule has 0 aromatic carbocycles. The average Bonchev–Trinajstić information content (AvgIpc) is 2.22. The first kappa shape index (κ1) is 17.3. The van der Waals surface area contributed by atoms with Crippen molar-refractivity contribution >= 4 is 12.1 Å². The van der Waals surface area contributed by atoms with Crippen LogP contribution in [0, 0.1) is 5.92 Å². The molecule has 110 valence electrons. The zero-order chi connectivity index (χ0) is 15.3. The van der Waals surface area contributed by atoms with Crippen molar-refractivity contribution < 1.29 is 32.6 Å². The number of hydrogen-bond donors (Lipinski definition) is 2. The van der Waals surface area contributed by atoms with Crippen LogP contribution in [0.15, 0.2) is 12.7 Å². The minimum Gasteiger partial charge on any atom is -0.479 e. The Morgan fingerprint density at radius 3 is 2.26 bits per heavy atom. The second kappa shape index (κ2) is 6.44. The van der Waals surface area contributed by atoms with Gasteiger partial charge in [-0.15, -0.1) is 0 Å². The Labute approximate surface area is 108 Å². The molecule has 0 fully saturated rings. The molecule has 0 aliphatic heterocycles. The van der Waals surface area contributed by atoms with Crippen molar-refractivity contribution in [3.05, 3.63) is 12.7 Å². The third-order valence-corrected chi connectivity index (χ3v) is 2.21. The summed E-state index contributed by atoms with van der Waals surface area (Å²) < 4.78 is 43.3. The maximum absolute atomic E-state index is 13.0. The third-order valence-electron chi connectivity index (χ3n) is 2.21. The molecule has 0 aliphatic rings. The fourth-order valence-corrected chi connectivity index (χ4v) is 1.46. The summed E-state index contributed by atoms with van der Waals surface area (Å²) >= 11 is 0. The van der Waals surface area contributed by atoms with Crippen LogP contribution in [0.1, 0.15) is 20.3 Å². The lowest BCUT2D eigenvalue weighted by Gasteiger charge is -2.33. The first-order valence-corrected chi connectivity index (χ1v) is 5.42. The van der Waals surface area contributed by atoms with E-state index in [1.54, 1.807) is 0 Å². The van der Waals surface area contributed by atoms with Crippen molar-refractivity contribution in [3.63, 3.8) is 0 Å². The van der Waals surface area contributed by atoms with Crippen LogP contribution in [0.5, 0.6) is 0 Å². The number of carboxylic acid groups (broad SMARTS) is 1. The molecule has 1 atom stereocenters. The van der Waals surface area contributed by atoms with Crippen LogP contribution >= 0.6 is 0 Å². The summed E-state index contributed by atoms with van der Waals surface area (Å²) in [4.78, 5) is 22.2.